The first-order chi connectivity index (χ1) is 14.5. The SMILES string of the molecule is CC(=N)/C(C)=C1\C(=N)Sc2c(NC3CCN(C(=O)C4CCOCC4)CC3)ncnc21. The molecule has 160 valence electrons. The lowest BCUT2D eigenvalue weighted by atomic mass is 9.96. The van der Waals surface area contributed by atoms with E-state index in [1.807, 2.05) is 11.8 Å². The lowest BCUT2D eigenvalue weighted by molar-refractivity contribution is -0.139. The zero-order valence-corrected chi connectivity index (χ0v) is 18.3. The maximum atomic E-state index is 12.7. The van der Waals surface area contributed by atoms with Crippen LogP contribution < -0.4 is 5.32 Å². The molecule has 9 heteroatoms. The highest BCUT2D eigenvalue weighted by atomic mass is 32.2. The van der Waals surface area contributed by atoms with Crippen LogP contribution in [0.3, 0.4) is 0 Å². The number of hydrogen-bond donors (Lipinski definition) is 3. The molecule has 0 spiro atoms. The Morgan fingerprint density at radius 3 is 2.57 bits per heavy atom. The summed E-state index contributed by atoms with van der Waals surface area (Å²) in [5.74, 6) is 1.13. The number of rotatable bonds is 4. The molecule has 0 saturated carbocycles. The van der Waals surface area contributed by atoms with Gasteiger partial charge in [-0.25, -0.2) is 9.97 Å². The number of piperidine rings is 1. The summed E-state index contributed by atoms with van der Waals surface area (Å²) in [5, 5.41) is 20.2. The number of hydrogen-bond acceptors (Lipinski definition) is 8. The zero-order valence-electron chi connectivity index (χ0n) is 17.5. The number of fused-ring (bicyclic) bond motifs is 1. The Hall–Kier alpha value is -2.26. The molecule has 4 rings (SSSR count). The molecule has 2 fully saturated rings. The van der Waals surface area contributed by atoms with Crippen LogP contribution in [0, 0.1) is 16.7 Å². The van der Waals surface area contributed by atoms with Gasteiger partial charge in [0.2, 0.25) is 5.91 Å². The van der Waals surface area contributed by atoms with Crippen molar-refractivity contribution >= 4 is 39.8 Å². The molecule has 1 aromatic heterocycles. The highest BCUT2D eigenvalue weighted by molar-refractivity contribution is 8.15. The van der Waals surface area contributed by atoms with Gasteiger partial charge < -0.3 is 20.4 Å². The highest BCUT2D eigenvalue weighted by Gasteiger charge is 2.32. The van der Waals surface area contributed by atoms with E-state index in [4.69, 9.17) is 15.6 Å². The van der Waals surface area contributed by atoms with Crippen LogP contribution in [-0.4, -0.2) is 63.9 Å². The summed E-state index contributed by atoms with van der Waals surface area (Å²) < 4.78 is 5.38. The number of ether oxygens (including phenoxy) is 1. The number of carbonyl (C=O) groups is 1. The van der Waals surface area contributed by atoms with Crippen molar-refractivity contribution in [3.05, 3.63) is 17.6 Å². The van der Waals surface area contributed by atoms with E-state index in [2.05, 4.69) is 15.3 Å². The van der Waals surface area contributed by atoms with Gasteiger partial charge in [0.05, 0.1) is 10.6 Å². The Labute approximate surface area is 180 Å². The number of nitrogens with zero attached hydrogens (tertiary/aromatic N) is 3. The summed E-state index contributed by atoms with van der Waals surface area (Å²) in [6.07, 6.45) is 4.93. The normalized spacial score (nSPS) is 22.1. The minimum absolute atomic E-state index is 0.113. The number of thioether (sulfide) groups is 1. The second kappa shape index (κ2) is 8.85. The van der Waals surface area contributed by atoms with Gasteiger partial charge in [-0.3, -0.25) is 10.2 Å². The third-order valence-electron chi connectivity index (χ3n) is 6.13. The number of nitrogens with one attached hydrogen (secondary N) is 3. The zero-order chi connectivity index (χ0) is 21.3. The van der Waals surface area contributed by atoms with Crippen LogP contribution in [0.15, 0.2) is 16.8 Å². The van der Waals surface area contributed by atoms with E-state index in [1.165, 1.54) is 18.1 Å². The van der Waals surface area contributed by atoms with Crippen LogP contribution in [-0.2, 0) is 9.53 Å². The van der Waals surface area contributed by atoms with E-state index in [0.717, 1.165) is 66.3 Å². The second-order valence-electron chi connectivity index (χ2n) is 8.09. The molecule has 3 aliphatic rings. The van der Waals surface area contributed by atoms with Crippen LogP contribution in [0.1, 0.15) is 45.2 Å². The van der Waals surface area contributed by atoms with Gasteiger partial charge in [0, 0.05) is 49.5 Å². The lowest BCUT2D eigenvalue weighted by Gasteiger charge is -2.35. The molecular weight excluding hydrogens is 400 g/mol. The summed E-state index contributed by atoms with van der Waals surface area (Å²) >= 11 is 1.35. The van der Waals surface area contributed by atoms with E-state index in [9.17, 15) is 4.79 Å². The molecule has 0 aliphatic carbocycles. The Morgan fingerprint density at radius 1 is 1.20 bits per heavy atom. The van der Waals surface area contributed by atoms with E-state index < -0.39 is 0 Å². The van der Waals surface area contributed by atoms with Crippen LogP contribution in [0.5, 0.6) is 0 Å². The average Bonchev–Trinajstić information content (AvgIpc) is 3.10. The van der Waals surface area contributed by atoms with Gasteiger partial charge in [-0.05, 0) is 45.1 Å². The van der Waals surface area contributed by atoms with Crippen LogP contribution in [0.2, 0.25) is 0 Å². The smallest absolute Gasteiger partial charge is 0.225 e. The van der Waals surface area contributed by atoms with Gasteiger partial charge in [-0.15, -0.1) is 0 Å². The predicted octanol–water partition coefficient (Wildman–Crippen LogP) is 3.20. The summed E-state index contributed by atoms with van der Waals surface area (Å²) in [6.45, 7) is 6.47. The molecule has 4 heterocycles. The van der Waals surface area contributed by atoms with Crippen molar-refractivity contribution in [2.45, 2.75) is 50.5 Å². The van der Waals surface area contributed by atoms with E-state index >= 15 is 0 Å². The average molecular weight is 429 g/mol. The van der Waals surface area contributed by atoms with Crippen LogP contribution >= 0.6 is 11.8 Å². The second-order valence-corrected chi connectivity index (χ2v) is 9.11. The molecule has 1 amide bonds. The first kappa shape index (κ1) is 21.0. The standard InChI is InChI=1S/C21H28N6O2S/c1-12(13(2)22)16-17-18(30-19(16)23)20(25-11-24-17)26-15-3-7-27(8-4-15)21(28)14-5-9-29-10-6-14/h11,14-15,22-23H,3-10H2,1-2H3,(H,24,25,26)/b16-12-,22-13?,23-19?. The summed E-state index contributed by atoms with van der Waals surface area (Å²) in [4.78, 5) is 24.4. The molecule has 0 radical (unpaired) electrons. The number of allylic oxidation sites excluding steroid dienone is 1. The van der Waals surface area contributed by atoms with Crippen molar-refractivity contribution in [3.63, 3.8) is 0 Å². The molecule has 3 N–H and O–H groups in total. The molecule has 0 atom stereocenters. The van der Waals surface area contributed by atoms with E-state index in [-0.39, 0.29) is 17.9 Å². The Kier molecular flexibility index (Phi) is 6.19. The Morgan fingerprint density at radius 2 is 1.90 bits per heavy atom. The quantitative estimate of drug-likeness (QED) is 0.635. The minimum Gasteiger partial charge on any atom is -0.381 e. The van der Waals surface area contributed by atoms with Crippen molar-refractivity contribution in [2.75, 3.05) is 31.6 Å². The molecule has 1 aromatic rings. The van der Waals surface area contributed by atoms with E-state index in [1.54, 1.807) is 6.92 Å². The van der Waals surface area contributed by atoms with Crippen LogP contribution in [0.4, 0.5) is 5.82 Å². The van der Waals surface area contributed by atoms with E-state index in [0.29, 0.717) is 24.0 Å². The fourth-order valence-corrected chi connectivity index (χ4v) is 5.20. The molecule has 0 aromatic carbocycles. The monoisotopic (exact) mass is 428 g/mol. The van der Waals surface area contributed by atoms with Crippen molar-refractivity contribution in [2.24, 2.45) is 5.92 Å². The molecule has 2 saturated heterocycles. The summed E-state index contributed by atoms with van der Waals surface area (Å²) in [7, 11) is 0. The first-order valence-electron chi connectivity index (χ1n) is 10.5. The highest BCUT2D eigenvalue weighted by Crippen LogP contribution is 2.44. The number of anilines is 1. The van der Waals surface area contributed by atoms with Gasteiger partial charge in [0.1, 0.15) is 17.2 Å². The number of aromatic nitrogens is 2. The fraction of sp³-hybridized carbons (Fsp3) is 0.571. The maximum absolute atomic E-state index is 12.7. The van der Waals surface area contributed by atoms with Gasteiger partial charge >= 0.3 is 0 Å². The van der Waals surface area contributed by atoms with Gasteiger partial charge in [-0.1, -0.05) is 11.8 Å². The minimum atomic E-state index is 0.113. The lowest BCUT2D eigenvalue weighted by Crippen LogP contribution is -2.45. The third-order valence-corrected chi connectivity index (χ3v) is 7.13. The maximum Gasteiger partial charge on any atom is 0.225 e. The third kappa shape index (κ3) is 4.13. The first-order valence-corrected chi connectivity index (χ1v) is 11.3. The Balaban J connectivity index is 1.42. The van der Waals surface area contributed by atoms with Gasteiger partial charge in [0.15, 0.2) is 0 Å². The van der Waals surface area contributed by atoms with Gasteiger partial charge in [0.25, 0.3) is 0 Å². The molecule has 30 heavy (non-hydrogen) atoms. The summed E-state index contributed by atoms with van der Waals surface area (Å²) in [6, 6.07) is 0.233. The molecule has 0 unspecified atom stereocenters. The van der Waals surface area contributed by atoms with Gasteiger partial charge in [-0.2, -0.15) is 0 Å². The fourth-order valence-electron chi connectivity index (χ4n) is 4.19. The van der Waals surface area contributed by atoms with Crippen molar-refractivity contribution < 1.29 is 9.53 Å². The van der Waals surface area contributed by atoms with Crippen LogP contribution in [0.25, 0.3) is 5.57 Å². The molecule has 0 bridgehead atoms. The largest absolute Gasteiger partial charge is 0.381 e. The van der Waals surface area contributed by atoms with Crippen molar-refractivity contribution in [1.29, 1.82) is 10.8 Å². The predicted molar refractivity (Wildman–Crippen MR) is 118 cm³/mol. The van der Waals surface area contributed by atoms with Crippen molar-refractivity contribution in [3.8, 4) is 0 Å². The number of carbonyl (C=O) groups excluding carboxylic acids is 1. The molecule has 8 nitrogen and oxygen atoms in total. The summed E-state index contributed by atoms with van der Waals surface area (Å²) in [5.41, 5.74) is 2.68. The Bertz CT molecular complexity index is 901. The number of amides is 1. The topological polar surface area (TPSA) is 115 Å². The number of likely N-dealkylation sites (tertiary alicyclic amines) is 1. The molecular formula is C21H28N6O2S. The van der Waals surface area contributed by atoms with Crippen molar-refractivity contribution in [1.82, 2.24) is 14.9 Å². The molecule has 3 aliphatic heterocycles.